The molecule has 25 heavy (non-hydrogen) atoms. The Hall–Kier alpha value is -2.21. The van der Waals surface area contributed by atoms with E-state index in [0.717, 1.165) is 31.5 Å². The van der Waals surface area contributed by atoms with Crippen LogP contribution in [-0.2, 0) is 11.2 Å². The maximum atomic E-state index is 12.5. The minimum Gasteiger partial charge on any atom is -0.337 e. The number of nitrogens with zero attached hydrogens (tertiary/aromatic N) is 2. The lowest BCUT2D eigenvalue weighted by Crippen LogP contribution is -2.32. The lowest BCUT2D eigenvalue weighted by Gasteiger charge is -2.18. The fourth-order valence-corrected chi connectivity index (χ4v) is 3.65. The average Bonchev–Trinajstić information content (AvgIpc) is 2.92. The molecule has 1 aliphatic heterocycles. The molecule has 0 radical (unpaired) electrons. The van der Waals surface area contributed by atoms with Crippen LogP contribution >= 0.6 is 11.3 Å². The summed E-state index contributed by atoms with van der Waals surface area (Å²) >= 11 is 1.31. The lowest BCUT2D eigenvalue weighted by molar-refractivity contribution is -0.116. The molecule has 6 heteroatoms. The van der Waals surface area contributed by atoms with Gasteiger partial charge < -0.3 is 10.2 Å². The molecule has 0 atom stereocenters. The van der Waals surface area contributed by atoms with Crippen LogP contribution in [0.4, 0.5) is 5.13 Å². The van der Waals surface area contributed by atoms with E-state index in [1.165, 1.54) is 24.2 Å². The topological polar surface area (TPSA) is 62.3 Å². The van der Waals surface area contributed by atoms with Gasteiger partial charge in [0.2, 0.25) is 5.91 Å². The minimum atomic E-state index is -0.0769. The Balaban J connectivity index is 1.52. The molecule has 2 amide bonds. The van der Waals surface area contributed by atoms with Gasteiger partial charge in [-0.25, -0.2) is 4.98 Å². The van der Waals surface area contributed by atoms with Crippen molar-refractivity contribution in [2.75, 3.05) is 18.4 Å². The first-order valence-electron chi connectivity index (χ1n) is 8.81. The molecular weight excluding hydrogens is 334 g/mol. The molecule has 0 saturated carbocycles. The van der Waals surface area contributed by atoms with Crippen LogP contribution in [0.2, 0.25) is 0 Å². The number of carbonyl (C=O) groups is 2. The molecule has 1 aromatic carbocycles. The number of anilines is 1. The number of aromatic nitrogens is 1. The van der Waals surface area contributed by atoms with Crippen molar-refractivity contribution in [1.29, 1.82) is 0 Å². The molecule has 132 valence electrons. The molecule has 1 N–H and O–H groups in total. The summed E-state index contributed by atoms with van der Waals surface area (Å²) in [7, 11) is 0. The van der Waals surface area contributed by atoms with Crippen molar-refractivity contribution in [3.63, 3.8) is 0 Å². The van der Waals surface area contributed by atoms with Crippen LogP contribution < -0.4 is 5.32 Å². The van der Waals surface area contributed by atoms with Crippen LogP contribution in [0.5, 0.6) is 0 Å². The van der Waals surface area contributed by atoms with Crippen LogP contribution in [0.3, 0.4) is 0 Å². The van der Waals surface area contributed by atoms with Gasteiger partial charge in [-0.1, -0.05) is 43.2 Å². The number of amides is 2. The minimum absolute atomic E-state index is 0.0251. The van der Waals surface area contributed by atoms with E-state index in [1.807, 2.05) is 35.2 Å². The summed E-state index contributed by atoms with van der Waals surface area (Å²) in [5, 5.41) is 5.03. The first-order valence-corrected chi connectivity index (χ1v) is 9.69. The third-order valence-electron chi connectivity index (χ3n) is 4.35. The summed E-state index contributed by atoms with van der Waals surface area (Å²) in [6, 6.07) is 9.91. The molecule has 0 unspecified atom stereocenters. The normalized spacial score (nSPS) is 14.8. The number of carbonyl (C=O) groups excluding carboxylic acids is 2. The Kier molecular flexibility index (Phi) is 6.17. The number of likely N-dealkylation sites (tertiary alicyclic amines) is 1. The number of thiazole rings is 1. The Bertz CT molecular complexity index is 706. The van der Waals surface area contributed by atoms with E-state index in [1.54, 1.807) is 5.38 Å². The summed E-state index contributed by atoms with van der Waals surface area (Å²) in [4.78, 5) is 30.8. The maximum absolute atomic E-state index is 12.5. The monoisotopic (exact) mass is 357 g/mol. The van der Waals surface area contributed by atoms with Gasteiger partial charge in [0.05, 0.1) is 0 Å². The zero-order valence-electron chi connectivity index (χ0n) is 14.2. The number of hydrogen-bond acceptors (Lipinski definition) is 4. The van der Waals surface area contributed by atoms with E-state index >= 15 is 0 Å². The summed E-state index contributed by atoms with van der Waals surface area (Å²) < 4.78 is 0. The number of rotatable bonds is 5. The summed E-state index contributed by atoms with van der Waals surface area (Å²) in [6.45, 7) is 1.60. The van der Waals surface area contributed by atoms with Gasteiger partial charge in [-0.05, 0) is 24.8 Å². The zero-order valence-corrected chi connectivity index (χ0v) is 15.1. The zero-order chi connectivity index (χ0) is 17.5. The fourth-order valence-electron chi connectivity index (χ4n) is 2.95. The number of nitrogens with one attached hydrogen (secondary N) is 1. The van der Waals surface area contributed by atoms with Gasteiger partial charge >= 0.3 is 0 Å². The molecule has 3 rings (SSSR count). The van der Waals surface area contributed by atoms with E-state index < -0.39 is 0 Å². The average molecular weight is 357 g/mol. The summed E-state index contributed by atoms with van der Waals surface area (Å²) in [5.41, 5.74) is 1.57. The van der Waals surface area contributed by atoms with Gasteiger partial charge in [0.15, 0.2) is 5.13 Å². The van der Waals surface area contributed by atoms with Gasteiger partial charge in [0.25, 0.3) is 5.91 Å². The van der Waals surface area contributed by atoms with E-state index in [2.05, 4.69) is 10.3 Å². The van der Waals surface area contributed by atoms with Crippen LogP contribution in [-0.4, -0.2) is 34.8 Å². The highest BCUT2D eigenvalue weighted by Gasteiger charge is 2.20. The van der Waals surface area contributed by atoms with Crippen molar-refractivity contribution >= 4 is 28.3 Å². The van der Waals surface area contributed by atoms with Gasteiger partial charge in [-0.2, -0.15) is 0 Å². The number of hydrogen-bond donors (Lipinski definition) is 1. The summed E-state index contributed by atoms with van der Waals surface area (Å²) in [5.74, 6) is -0.102. The second-order valence-corrected chi connectivity index (χ2v) is 7.14. The Morgan fingerprint density at radius 2 is 1.80 bits per heavy atom. The molecule has 2 heterocycles. The molecule has 5 nitrogen and oxygen atoms in total. The molecular formula is C19H23N3O2S. The van der Waals surface area contributed by atoms with Crippen molar-refractivity contribution < 1.29 is 9.59 Å². The molecule has 0 bridgehead atoms. The molecule has 1 saturated heterocycles. The van der Waals surface area contributed by atoms with Crippen molar-refractivity contribution in [1.82, 2.24) is 9.88 Å². The second-order valence-electron chi connectivity index (χ2n) is 6.28. The maximum Gasteiger partial charge on any atom is 0.273 e. The van der Waals surface area contributed by atoms with E-state index in [9.17, 15) is 9.59 Å². The Labute approximate surface area is 152 Å². The van der Waals surface area contributed by atoms with Gasteiger partial charge in [0, 0.05) is 24.9 Å². The molecule has 0 spiro atoms. The SMILES string of the molecule is O=C(CCc1ccccc1)Nc1nc(C(=O)N2CCCCCC2)cs1. The molecule has 0 aliphatic carbocycles. The molecule has 2 aromatic rings. The van der Waals surface area contributed by atoms with E-state index in [-0.39, 0.29) is 11.8 Å². The largest absolute Gasteiger partial charge is 0.337 e. The smallest absolute Gasteiger partial charge is 0.273 e. The predicted octanol–water partition coefficient (Wildman–Crippen LogP) is 3.73. The quantitative estimate of drug-likeness (QED) is 0.887. The standard InChI is InChI=1S/C19H23N3O2S/c23-17(11-10-15-8-4-3-5-9-15)21-19-20-16(14-25-19)18(24)22-12-6-1-2-7-13-22/h3-5,8-9,14H,1-2,6-7,10-13H2,(H,20,21,23). The molecule has 1 aromatic heterocycles. The first kappa shape index (κ1) is 17.6. The number of aryl methyl sites for hydroxylation is 1. The van der Waals surface area contributed by atoms with Crippen LogP contribution in [0.1, 0.15) is 48.2 Å². The highest BCUT2D eigenvalue weighted by molar-refractivity contribution is 7.14. The van der Waals surface area contributed by atoms with Crippen LogP contribution in [0.25, 0.3) is 0 Å². The second kappa shape index (κ2) is 8.76. The number of benzene rings is 1. The van der Waals surface area contributed by atoms with E-state index in [0.29, 0.717) is 23.7 Å². The molecule has 1 aliphatic rings. The van der Waals surface area contributed by atoms with Gasteiger partial charge in [-0.15, -0.1) is 11.3 Å². The third kappa shape index (κ3) is 5.13. The highest BCUT2D eigenvalue weighted by Crippen LogP contribution is 2.19. The highest BCUT2D eigenvalue weighted by atomic mass is 32.1. The van der Waals surface area contributed by atoms with Crippen molar-refractivity contribution in [3.8, 4) is 0 Å². The van der Waals surface area contributed by atoms with Crippen LogP contribution in [0.15, 0.2) is 35.7 Å². The van der Waals surface area contributed by atoms with Gasteiger partial charge in [-0.3, -0.25) is 9.59 Å². The van der Waals surface area contributed by atoms with Gasteiger partial charge in [0.1, 0.15) is 5.69 Å². The van der Waals surface area contributed by atoms with Crippen molar-refractivity contribution in [2.24, 2.45) is 0 Å². The Morgan fingerprint density at radius 3 is 2.52 bits per heavy atom. The third-order valence-corrected chi connectivity index (χ3v) is 5.10. The van der Waals surface area contributed by atoms with Crippen LogP contribution in [0, 0.1) is 0 Å². The Morgan fingerprint density at radius 1 is 1.08 bits per heavy atom. The predicted molar refractivity (Wildman–Crippen MR) is 99.9 cm³/mol. The fraction of sp³-hybridized carbons (Fsp3) is 0.421. The lowest BCUT2D eigenvalue weighted by atomic mass is 10.1. The van der Waals surface area contributed by atoms with Crippen molar-refractivity contribution in [2.45, 2.75) is 38.5 Å². The van der Waals surface area contributed by atoms with Crippen molar-refractivity contribution in [3.05, 3.63) is 47.0 Å². The molecule has 1 fully saturated rings. The summed E-state index contributed by atoms with van der Waals surface area (Å²) in [6.07, 6.45) is 5.57. The van der Waals surface area contributed by atoms with E-state index in [4.69, 9.17) is 0 Å². The first-order chi connectivity index (χ1) is 12.2.